The standard InChI is InChI=1S/C38H79N2O6P/c1-6-8-10-12-13-14-15-16-17-18-19-20-21-22-23-24-25-26-27-28-29-31-37(41)36(39-38(42)32-30-11-9-7-2)35-46-47(43,44)45-34-33-40(3,4)5/h36-37,41H,6-35H2,1-5H3,(H-,39,42,43,44). The molecule has 0 rings (SSSR count). The molecule has 47 heavy (non-hydrogen) atoms. The van der Waals surface area contributed by atoms with Gasteiger partial charge in [0.25, 0.3) is 7.82 Å². The lowest BCUT2D eigenvalue weighted by atomic mass is 10.0. The molecule has 3 unspecified atom stereocenters. The molecule has 0 fully saturated rings. The fourth-order valence-corrected chi connectivity index (χ4v) is 6.59. The lowest BCUT2D eigenvalue weighted by molar-refractivity contribution is -0.870. The van der Waals surface area contributed by atoms with Crippen molar-refractivity contribution in [2.75, 3.05) is 40.9 Å². The maximum atomic E-state index is 12.5. The van der Waals surface area contributed by atoms with E-state index in [9.17, 15) is 19.4 Å². The number of amides is 1. The highest BCUT2D eigenvalue weighted by molar-refractivity contribution is 7.45. The molecular weight excluding hydrogens is 611 g/mol. The van der Waals surface area contributed by atoms with Gasteiger partial charge in [-0.3, -0.25) is 9.36 Å². The Morgan fingerprint density at radius 3 is 1.45 bits per heavy atom. The van der Waals surface area contributed by atoms with Crippen molar-refractivity contribution in [3.05, 3.63) is 0 Å². The van der Waals surface area contributed by atoms with Crippen molar-refractivity contribution in [3.8, 4) is 0 Å². The van der Waals surface area contributed by atoms with E-state index < -0.39 is 20.0 Å². The Labute approximate surface area is 291 Å². The second-order valence-electron chi connectivity index (χ2n) is 15.0. The van der Waals surface area contributed by atoms with Crippen LogP contribution in [0.5, 0.6) is 0 Å². The zero-order chi connectivity index (χ0) is 35.1. The number of phosphoric acid groups is 1. The number of rotatable bonds is 36. The molecule has 282 valence electrons. The lowest BCUT2D eigenvalue weighted by Crippen LogP contribution is -2.46. The summed E-state index contributed by atoms with van der Waals surface area (Å²) >= 11 is 0. The maximum Gasteiger partial charge on any atom is 0.268 e. The molecule has 0 radical (unpaired) electrons. The number of unbranched alkanes of at least 4 members (excludes halogenated alkanes) is 23. The normalized spacial score (nSPS) is 14.6. The SMILES string of the molecule is CCCCCCCCCCCCCCCCCCCCCCCC(O)C(COP(=O)([O-])OCC[N+](C)(C)C)NC(=O)CCCCCC. The highest BCUT2D eigenvalue weighted by atomic mass is 31.2. The van der Waals surface area contributed by atoms with Gasteiger partial charge < -0.3 is 28.8 Å². The lowest BCUT2D eigenvalue weighted by Gasteiger charge is -2.30. The number of hydrogen-bond donors (Lipinski definition) is 2. The van der Waals surface area contributed by atoms with Crippen LogP contribution < -0.4 is 10.2 Å². The summed E-state index contributed by atoms with van der Waals surface area (Å²) in [5.41, 5.74) is 0. The highest BCUT2D eigenvalue weighted by Crippen LogP contribution is 2.38. The van der Waals surface area contributed by atoms with Gasteiger partial charge in [0.15, 0.2) is 0 Å². The number of quaternary nitrogens is 1. The van der Waals surface area contributed by atoms with E-state index in [2.05, 4.69) is 19.2 Å². The molecule has 0 heterocycles. The van der Waals surface area contributed by atoms with Gasteiger partial charge in [-0.25, -0.2) is 0 Å². The fourth-order valence-electron chi connectivity index (χ4n) is 5.86. The van der Waals surface area contributed by atoms with Gasteiger partial charge >= 0.3 is 0 Å². The van der Waals surface area contributed by atoms with Crippen LogP contribution in [0.4, 0.5) is 0 Å². The van der Waals surface area contributed by atoms with Crippen molar-refractivity contribution in [3.63, 3.8) is 0 Å². The molecule has 0 aliphatic carbocycles. The van der Waals surface area contributed by atoms with Gasteiger partial charge in [0.2, 0.25) is 5.91 Å². The molecule has 0 aliphatic heterocycles. The third-order valence-electron chi connectivity index (χ3n) is 9.10. The van der Waals surface area contributed by atoms with Crippen LogP contribution in [-0.4, -0.2) is 68.5 Å². The van der Waals surface area contributed by atoms with Crippen molar-refractivity contribution < 1.29 is 32.9 Å². The van der Waals surface area contributed by atoms with E-state index in [4.69, 9.17) is 9.05 Å². The molecule has 9 heteroatoms. The number of carbonyl (C=O) groups is 1. The van der Waals surface area contributed by atoms with E-state index in [1.807, 2.05) is 21.1 Å². The Bertz CT molecular complexity index is 748. The molecule has 0 aromatic carbocycles. The van der Waals surface area contributed by atoms with E-state index in [1.165, 1.54) is 116 Å². The van der Waals surface area contributed by atoms with Crippen molar-refractivity contribution in [2.24, 2.45) is 0 Å². The first kappa shape index (κ1) is 46.5. The molecule has 0 aliphatic rings. The van der Waals surface area contributed by atoms with Gasteiger partial charge in [-0.1, -0.05) is 168 Å². The van der Waals surface area contributed by atoms with Crippen LogP contribution in [0.25, 0.3) is 0 Å². The number of likely N-dealkylation sites (N-methyl/N-ethyl adjacent to an activating group) is 1. The molecule has 8 nitrogen and oxygen atoms in total. The van der Waals surface area contributed by atoms with Gasteiger partial charge in [-0.2, -0.15) is 0 Å². The van der Waals surface area contributed by atoms with Crippen LogP contribution in [0, 0.1) is 0 Å². The van der Waals surface area contributed by atoms with Crippen LogP contribution in [0.15, 0.2) is 0 Å². The summed E-state index contributed by atoms with van der Waals surface area (Å²) in [5.74, 6) is -0.181. The number of aliphatic hydroxyl groups excluding tert-OH is 1. The number of carbonyl (C=O) groups excluding carboxylic acids is 1. The number of phosphoric ester groups is 1. The molecular formula is C38H79N2O6P. The van der Waals surface area contributed by atoms with Crippen LogP contribution in [0.2, 0.25) is 0 Å². The van der Waals surface area contributed by atoms with Gasteiger partial charge in [0.1, 0.15) is 13.2 Å². The topological polar surface area (TPSA) is 108 Å². The first-order valence-corrected chi connectivity index (χ1v) is 21.3. The minimum absolute atomic E-state index is 0.0146. The minimum Gasteiger partial charge on any atom is -0.756 e. The van der Waals surface area contributed by atoms with E-state index in [0.29, 0.717) is 23.9 Å². The molecule has 2 N–H and O–H groups in total. The average Bonchev–Trinajstić information content (AvgIpc) is 3.01. The van der Waals surface area contributed by atoms with Gasteiger partial charge in [-0.05, 0) is 12.8 Å². The number of aliphatic hydroxyl groups is 1. The summed E-state index contributed by atoms with van der Waals surface area (Å²) in [4.78, 5) is 24.8. The highest BCUT2D eigenvalue weighted by Gasteiger charge is 2.24. The Hall–Kier alpha value is -0.500. The summed E-state index contributed by atoms with van der Waals surface area (Å²) in [5, 5.41) is 13.7. The van der Waals surface area contributed by atoms with Gasteiger partial charge in [-0.15, -0.1) is 0 Å². The second-order valence-corrected chi connectivity index (χ2v) is 16.4. The second kappa shape index (κ2) is 31.5. The average molecular weight is 691 g/mol. The Morgan fingerprint density at radius 2 is 1.04 bits per heavy atom. The van der Waals surface area contributed by atoms with Crippen molar-refractivity contribution in [1.82, 2.24) is 5.32 Å². The van der Waals surface area contributed by atoms with Crippen molar-refractivity contribution in [1.29, 1.82) is 0 Å². The third-order valence-corrected chi connectivity index (χ3v) is 10.1. The molecule has 3 atom stereocenters. The minimum atomic E-state index is -4.54. The van der Waals surface area contributed by atoms with Crippen molar-refractivity contribution >= 4 is 13.7 Å². The molecule has 0 saturated heterocycles. The Kier molecular flexibility index (Phi) is 31.1. The largest absolute Gasteiger partial charge is 0.756 e. The molecule has 1 amide bonds. The Balaban J connectivity index is 4.06. The molecule has 0 aromatic rings. The predicted octanol–water partition coefficient (Wildman–Crippen LogP) is 9.61. The monoisotopic (exact) mass is 691 g/mol. The van der Waals surface area contributed by atoms with Gasteiger partial charge in [0, 0.05) is 6.42 Å². The number of nitrogens with zero attached hydrogens (tertiary/aromatic N) is 1. The number of nitrogens with one attached hydrogen (secondary N) is 1. The maximum absolute atomic E-state index is 12.5. The molecule has 0 saturated carbocycles. The van der Waals surface area contributed by atoms with E-state index >= 15 is 0 Å². The zero-order valence-electron chi connectivity index (χ0n) is 31.8. The molecule has 0 aromatic heterocycles. The van der Waals surface area contributed by atoms with E-state index in [0.717, 1.165) is 44.9 Å². The summed E-state index contributed by atoms with van der Waals surface area (Å²) in [6.07, 6.45) is 31.7. The van der Waals surface area contributed by atoms with Crippen LogP contribution >= 0.6 is 7.82 Å². The van der Waals surface area contributed by atoms with Crippen LogP contribution in [0.3, 0.4) is 0 Å². The van der Waals surface area contributed by atoms with E-state index in [-0.39, 0.29) is 19.1 Å². The first-order chi connectivity index (χ1) is 22.5. The van der Waals surface area contributed by atoms with Gasteiger partial charge in [0.05, 0.1) is 39.9 Å². The number of hydrogen-bond acceptors (Lipinski definition) is 6. The fraction of sp³-hybridized carbons (Fsp3) is 0.974. The van der Waals surface area contributed by atoms with Crippen molar-refractivity contribution in [2.45, 2.75) is 199 Å². The quantitative estimate of drug-likeness (QED) is 0.0385. The molecule has 0 spiro atoms. The van der Waals surface area contributed by atoms with Crippen LogP contribution in [0.1, 0.15) is 187 Å². The van der Waals surface area contributed by atoms with Crippen LogP contribution in [-0.2, 0) is 18.4 Å². The smallest absolute Gasteiger partial charge is 0.268 e. The zero-order valence-corrected chi connectivity index (χ0v) is 32.6. The predicted molar refractivity (Wildman–Crippen MR) is 196 cm³/mol. The summed E-state index contributed by atoms with van der Waals surface area (Å²) in [6, 6.07) is -0.789. The Morgan fingerprint density at radius 1 is 0.660 bits per heavy atom. The third kappa shape index (κ3) is 33.8. The van der Waals surface area contributed by atoms with E-state index in [1.54, 1.807) is 0 Å². The summed E-state index contributed by atoms with van der Waals surface area (Å²) in [7, 11) is 1.31. The summed E-state index contributed by atoms with van der Waals surface area (Å²) in [6.45, 7) is 4.60. The molecule has 0 bridgehead atoms. The first-order valence-electron chi connectivity index (χ1n) is 19.9. The summed E-state index contributed by atoms with van der Waals surface area (Å²) < 4.78 is 23.0.